The predicted molar refractivity (Wildman–Crippen MR) is 55.0 cm³/mol. The molecule has 0 aliphatic carbocycles. The van der Waals surface area contributed by atoms with Crippen LogP contribution < -0.4 is 4.35 Å². The topological polar surface area (TPSA) is 23.8 Å². The summed E-state index contributed by atoms with van der Waals surface area (Å²) in [6.45, 7) is 0. The number of halogens is 3. The van der Waals surface area contributed by atoms with Crippen LogP contribution in [0.1, 0.15) is 0 Å². The zero-order valence-corrected chi connectivity index (χ0v) is 10.1. The second-order valence-electron chi connectivity index (χ2n) is 2.25. The summed E-state index contributed by atoms with van der Waals surface area (Å²) in [6.07, 6.45) is 0. The first-order valence-electron chi connectivity index (χ1n) is 3.09. The Labute approximate surface area is 84.0 Å². The third kappa shape index (κ3) is 2.09. The van der Waals surface area contributed by atoms with Crippen molar-refractivity contribution in [1.29, 1.82) is 5.26 Å². The van der Waals surface area contributed by atoms with Gasteiger partial charge in [0.1, 0.15) is 0 Å². The zero-order chi connectivity index (χ0) is 9.27. The standard InChI is InChI=1S/C7H5AsCl3N/c9-8(10,11,6-12)7-4-2-1-3-5-7/h1-5H. The molecular formula is C7H5AsCl3N. The molecule has 0 bridgehead atoms. The molecule has 12 heavy (non-hydrogen) atoms. The molecule has 0 radical (unpaired) electrons. The van der Waals surface area contributed by atoms with Crippen LogP contribution in [0.2, 0.25) is 0 Å². The molecule has 0 heterocycles. The van der Waals surface area contributed by atoms with Gasteiger partial charge >= 0.3 is 84.3 Å². The van der Waals surface area contributed by atoms with Crippen molar-refractivity contribution in [3.8, 4) is 4.86 Å². The molecule has 64 valence electrons. The van der Waals surface area contributed by atoms with E-state index in [1.807, 2.05) is 10.9 Å². The SMILES string of the molecule is N#C[As](Cl)(Cl)(Cl)c1ccccc1. The van der Waals surface area contributed by atoms with Gasteiger partial charge in [0.05, 0.1) is 0 Å². The summed E-state index contributed by atoms with van der Waals surface area (Å²) in [5, 5.41) is 8.74. The van der Waals surface area contributed by atoms with Gasteiger partial charge in [-0.3, -0.25) is 0 Å². The van der Waals surface area contributed by atoms with Gasteiger partial charge in [-0.05, 0) is 0 Å². The van der Waals surface area contributed by atoms with E-state index < -0.39 is 9.63 Å². The quantitative estimate of drug-likeness (QED) is 0.727. The molecular weight excluding hydrogens is 279 g/mol. The molecule has 0 aromatic heterocycles. The van der Waals surface area contributed by atoms with Crippen molar-refractivity contribution in [3.05, 3.63) is 30.3 Å². The molecule has 0 saturated carbocycles. The molecule has 5 heteroatoms. The van der Waals surface area contributed by atoms with E-state index in [1.54, 1.807) is 24.3 Å². The fraction of sp³-hybridized carbons (Fsp3) is 0. The maximum atomic E-state index is 8.74. The fourth-order valence-corrected chi connectivity index (χ4v) is 4.11. The molecule has 0 aliphatic heterocycles. The summed E-state index contributed by atoms with van der Waals surface area (Å²) >= 11 is 0. The third-order valence-electron chi connectivity index (χ3n) is 1.34. The van der Waals surface area contributed by atoms with Crippen molar-refractivity contribution in [2.75, 3.05) is 0 Å². The molecule has 0 amide bonds. The fourth-order valence-electron chi connectivity index (χ4n) is 0.729. The van der Waals surface area contributed by atoms with Gasteiger partial charge in [0.2, 0.25) is 0 Å². The molecule has 1 aromatic carbocycles. The molecule has 0 N–H and O–H groups in total. The first-order valence-corrected chi connectivity index (χ1v) is 12.4. The Bertz CT molecular complexity index is 322. The molecule has 0 spiro atoms. The average molecular weight is 284 g/mol. The first-order chi connectivity index (χ1) is 5.44. The second kappa shape index (κ2) is 3.13. The third-order valence-corrected chi connectivity index (χ3v) is 8.64. The number of rotatable bonds is 1. The summed E-state index contributed by atoms with van der Waals surface area (Å²) in [5.74, 6) is 0. The van der Waals surface area contributed by atoms with Gasteiger partial charge in [0, 0.05) is 0 Å². The van der Waals surface area contributed by atoms with Gasteiger partial charge in [-0.15, -0.1) is 0 Å². The number of nitriles is 1. The van der Waals surface area contributed by atoms with Crippen molar-refractivity contribution in [1.82, 2.24) is 0 Å². The molecule has 0 unspecified atom stereocenters. The maximum absolute atomic E-state index is 8.74. The zero-order valence-electron chi connectivity index (χ0n) is 5.92. The van der Waals surface area contributed by atoms with E-state index in [9.17, 15) is 0 Å². The minimum atomic E-state index is -4.33. The van der Waals surface area contributed by atoms with Crippen LogP contribution in [0.15, 0.2) is 30.3 Å². The summed E-state index contributed by atoms with van der Waals surface area (Å²) in [5.41, 5.74) is 0. The van der Waals surface area contributed by atoms with Crippen LogP contribution in [0.25, 0.3) is 0 Å². The van der Waals surface area contributed by atoms with Crippen LogP contribution in [-0.4, -0.2) is 9.63 Å². The Morgan fingerprint density at radius 3 is 2.00 bits per heavy atom. The van der Waals surface area contributed by atoms with Gasteiger partial charge in [0.25, 0.3) is 0 Å². The molecule has 1 nitrogen and oxygen atoms in total. The van der Waals surface area contributed by atoms with Crippen molar-refractivity contribution in [3.63, 3.8) is 0 Å². The predicted octanol–water partition coefficient (Wildman–Crippen LogP) is 2.57. The Morgan fingerprint density at radius 2 is 1.58 bits per heavy atom. The van der Waals surface area contributed by atoms with Crippen LogP contribution in [0.5, 0.6) is 0 Å². The van der Waals surface area contributed by atoms with Gasteiger partial charge < -0.3 is 0 Å². The van der Waals surface area contributed by atoms with Crippen molar-refractivity contribution in [2.45, 2.75) is 0 Å². The van der Waals surface area contributed by atoms with Crippen molar-refractivity contribution < 1.29 is 0 Å². The Balaban J connectivity index is 3.26. The van der Waals surface area contributed by atoms with Crippen molar-refractivity contribution >= 4 is 43.8 Å². The number of hydrogen-bond acceptors (Lipinski definition) is 1. The number of nitrogens with zero attached hydrogens (tertiary/aromatic N) is 1. The van der Waals surface area contributed by atoms with E-state index in [0.717, 1.165) is 0 Å². The monoisotopic (exact) mass is 283 g/mol. The molecule has 0 saturated heterocycles. The van der Waals surface area contributed by atoms with E-state index in [0.29, 0.717) is 4.35 Å². The van der Waals surface area contributed by atoms with Gasteiger partial charge in [-0.2, -0.15) is 0 Å². The van der Waals surface area contributed by atoms with Crippen LogP contribution >= 0.6 is 29.8 Å². The second-order valence-corrected chi connectivity index (χ2v) is 20.4. The van der Waals surface area contributed by atoms with Gasteiger partial charge in [-0.1, -0.05) is 0 Å². The van der Waals surface area contributed by atoms with E-state index in [4.69, 9.17) is 35.1 Å². The summed E-state index contributed by atoms with van der Waals surface area (Å²) in [6, 6.07) is 8.65. The molecule has 0 aliphatic rings. The van der Waals surface area contributed by atoms with Crippen LogP contribution in [-0.2, 0) is 0 Å². The van der Waals surface area contributed by atoms with E-state index in [-0.39, 0.29) is 0 Å². The Kier molecular flexibility index (Phi) is 2.66. The van der Waals surface area contributed by atoms with E-state index >= 15 is 0 Å². The molecule has 1 aromatic rings. The molecule has 0 atom stereocenters. The number of benzene rings is 1. The average Bonchev–Trinajstić information content (AvgIpc) is 2.06. The Hall–Kier alpha value is 0.138. The normalized spacial score (nSPS) is 14.3. The first kappa shape index (κ1) is 10.2. The number of hydrogen-bond donors (Lipinski definition) is 0. The van der Waals surface area contributed by atoms with Crippen LogP contribution in [0.4, 0.5) is 0 Å². The molecule has 0 fully saturated rings. The van der Waals surface area contributed by atoms with Crippen LogP contribution in [0, 0.1) is 10.1 Å². The summed E-state index contributed by atoms with van der Waals surface area (Å²) in [4.78, 5) is 1.81. The minimum absolute atomic E-state index is 0.531. The summed E-state index contributed by atoms with van der Waals surface area (Å²) < 4.78 is 0.531. The van der Waals surface area contributed by atoms with E-state index in [1.165, 1.54) is 0 Å². The van der Waals surface area contributed by atoms with Gasteiger partial charge in [-0.25, -0.2) is 0 Å². The molecule has 1 rings (SSSR count). The summed E-state index contributed by atoms with van der Waals surface area (Å²) in [7, 11) is 13.2. The van der Waals surface area contributed by atoms with Gasteiger partial charge in [0.15, 0.2) is 0 Å². The van der Waals surface area contributed by atoms with Crippen molar-refractivity contribution in [2.24, 2.45) is 0 Å². The Morgan fingerprint density at radius 1 is 1.08 bits per heavy atom. The van der Waals surface area contributed by atoms with E-state index in [2.05, 4.69) is 0 Å². The van der Waals surface area contributed by atoms with Crippen LogP contribution in [0.3, 0.4) is 0 Å².